The highest BCUT2D eigenvalue weighted by Crippen LogP contribution is 2.49. The fourth-order valence-electron chi connectivity index (χ4n) is 3.78. The number of aryl methyl sites for hydroxylation is 2. The molecule has 0 radical (unpaired) electrons. The first-order chi connectivity index (χ1) is 11.7. The fraction of sp³-hybridized carbons (Fsp3) is 0.0952. The van der Waals surface area contributed by atoms with E-state index >= 15 is 4.39 Å². The van der Waals surface area contributed by atoms with E-state index in [9.17, 15) is 0 Å². The van der Waals surface area contributed by atoms with Gasteiger partial charge in [0.25, 0.3) is 0 Å². The van der Waals surface area contributed by atoms with Gasteiger partial charge in [-0.25, -0.2) is 4.39 Å². The maximum atomic E-state index is 15.3. The number of benzene rings is 3. The number of aromatic nitrogens is 1. The summed E-state index contributed by atoms with van der Waals surface area (Å²) in [6.07, 6.45) is 0. The summed E-state index contributed by atoms with van der Waals surface area (Å²) in [5.74, 6) is -0.116. The average Bonchev–Trinajstić information content (AvgIpc) is 2.62. The van der Waals surface area contributed by atoms with E-state index in [4.69, 9.17) is 0 Å². The van der Waals surface area contributed by atoms with E-state index in [1.54, 1.807) is 11.8 Å². The van der Waals surface area contributed by atoms with Crippen LogP contribution in [0.1, 0.15) is 5.56 Å². The van der Waals surface area contributed by atoms with Gasteiger partial charge in [0.1, 0.15) is 11.9 Å². The number of halogens is 1. The van der Waals surface area contributed by atoms with Crippen molar-refractivity contribution in [2.75, 3.05) is 0 Å². The van der Waals surface area contributed by atoms with Crippen LogP contribution in [0.4, 0.5) is 4.39 Å². The second kappa shape index (κ2) is 4.81. The van der Waals surface area contributed by atoms with Gasteiger partial charge in [0.05, 0.1) is 10.9 Å². The zero-order valence-corrected chi connectivity index (χ0v) is 14.2. The van der Waals surface area contributed by atoms with E-state index in [0.29, 0.717) is 5.39 Å². The summed E-state index contributed by atoms with van der Waals surface area (Å²) in [5.41, 5.74) is 4.24. The van der Waals surface area contributed by atoms with Crippen LogP contribution in [0.15, 0.2) is 64.4 Å². The standard InChI is InChI=1S/C21H15FNS/c1-12-10-11-13-6-5-9-16-18(13)17(12)20-21(24-16)19(22)14-7-3-4-8-15(14)23(20)2/h3-11H,1-2H3/q+1. The van der Waals surface area contributed by atoms with Crippen molar-refractivity contribution in [3.05, 3.63) is 66.0 Å². The number of pyridine rings is 1. The Morgan fingerprint density at radius 1 is 0.958 bits per heavy atom. The lowest BCUT2D eigenvalue weighted by atomic mass is 9.95. The molecule has 2 heterocycles. The third kappa shape index (κ3) is 1.68. The molecule has 0 amide bonds. The molecule has 0 fully saturated rings. The van der Waals surface area contributed by atoms with Gasteiger partial charge in [0, 0.05) is 16.3 Å². The van der Waals surface area contributed by atoms with Crippen molar-refractivity contribution in [2.24, 2.45) is 7.05 Å². The molecule has 0 spiro atoms. The van der Waals surface area contributed by atoms with Crippen molar-refractivity contribution in [1.29, 1.82) is 0 Å². The van der Waals surface area contributed by atoms with Crippen molar-refractivity contribution in [1.82, 2.24) is 0 Å². The summed E-state index contributed by atoms with van der Waals surface area (Å²) in [7, 11) is 2.04. The largest absolute Gasteiger partial charge is 0.230 e. The van der Waals surface area contributed by atoms with E-state index in [1.807, 2.05) is 37.4 Å². The van der Waals surface area contributed by atoms with Crippen molar-refractivity contribution in [3.8, 4) is 11.3 Å². The average molecular weight is 332 g/mol. The Morgan fingerprint density at radius 2 is 1.79 bits per heavy atom. The molecule has 0 unspecified atom stereocenters. The molecule has 3 aromatic carbocycles. The van der Waals surface area contributed by atoms with Crippen molar-refractivity contribution >= 4 is 33.4 Å². The van der Waals surface area contributed by atoms with Crippen LogP contribution in [0.3, 0.4) is 0 Å². The fourth-order valence-corrected chi connectivity index (χ4v) is 5.00. The molecule has 5 rings (SSSR count). The molecule has 4 aromatic rings. The van der Waals surface area contributed by atoms with Gasteiger partial charge in [-0.05, 0) is 30.0 Å². The van der Waals surface area contributed by atoms with Gasteiger partial charge in [0.15, 0.2) is 5.82 Å². The number of nitrogens with zero attached hydrogens (tertiary/aromatic N) is 1. The highest BCUT2D eigenvalue weighted by Gasteiger charge is 2.32. The van der Waals surface area contributed by atoms with Gasteiger partial charge in [-0.15, -0.1) is 0 Å². The predicted molar refractivity (Wildman–Crippen MR) is 96.9 cm³/mol. The monoisotopic (exact) mass is 332 g/mol. The van der Waals surface area contributed by atoms with Crippen LogP contribution in [-0.4, -0.2) is 0 Å². The smallest absolute Gasteiger partial charge is 0.205 e. The molecule has 1 nitrogen and oxygen atoms in total. The predicted octanol–water partition coefficient (Wildman–Crippen LogP) is 5.40. The molecule has 0 aliphatic carbocycles. The maximum absolute atomic E-state index is 15.3. The summed E-state index contributed by atoms with van der Waals surface area (Å²) in [6.45, 7) is 2.11. The quantitative estimate of drug-likeness (QED) is 0.344. The second-order valence-corrected chi connectivity index (χ2v) is 7.33. The van der Waals surface area contributed by atoms with Crippen LogP contribution in [0.25, 0.3) is 32.9 Å². The minimum absolute atomic E-state index is 0.116. The number of para-hydroxylation sites is 1. The summed E-state index contributed by atoms with van der Waals surface area (Å²) < 4.78 is 17.4. The lowest BCUT2D eigenvalue weighted by molar-refractivity contribution is -0.635. The molecular weight excluding hydrogens is 317 g/mol. The van der Waals surface area contributed by atoms with Crippen molar-refractivity contribution in [3.63, 3.8) is 0 Å². The van der Waals surface area contributed by atoms with Crippen LogP contribution in [0.5, 0.6) is 0 Å². The first kappa shape index (κ1) is 14.0. The molecule has 3 heteroatoms. The van der Waals surface area contributed by atoms with Crippen LogP contribution >= 0.6 is 11.8 Å². The Hall–Kier alpha value is -2.39. The van der Waals surface area contributed by atoms with E-state index < -0.39 is 0 Å². The Labute approximate surface area is 143 Å². The molecule has 0 atom stereocenters. The Bertz CT molecular complexity index is 1160. The molecule has 0 N–H and O–H groups in total. The lowest BCUT2D eigenvalue weighted by Crippen LogP contribution is -2.34. The molecule has 0 bridgehead atoms. The maximum Gasteiger partial charge on any atom is 0.230 e. The number of hydrogen-bond acceptors (Lipinski definition) is 1. The molecule has 0 saturated carbocycles. The van der Waals surface area contributed by atoms with E-state index in [-0.39, 0.29) is 5.82 Å². The molecule has 1 aliphatic heterocycles. The zero-order valence-electron chi connectivity index (χ0n) is 13.4. The van der Waals surface area contributed by atoms with Gasteiger partial charge in [0.2, 0.25) is 11.2 Å². The normalized spacial score (nSPS) is 12.6. The number of rotatable bonds is 0. The number of hydrogen-bond donors (Lipinski definition) is 0. The van der Waals surface area contributed by atoms with Crippen molar-refractivity contribution in [2.45, 2.75) is 16.7 Å². The van der Waals surface area contributed by atoms with Gasteiger partial charge < -0.3 is 0 Å². The molecular formula is C21H15FNS+. The first-order valence-corrected chi connectivity index (χ1v) is 8.79. The Kier molecular flexibility index (Phi) is 2.80. The number of fused-ring (bicyclic) bond motifs is 3. The van der Waals surface area contributed by atoms with Gasteiger partial charge in [-0.3, -0.25) is 0 Å². The highest BCUT2D eigenvalue weighted by molar-refractivity contribution is 7.99. The molecule has 24 heavy (non-hydrogen) atoms. The Morgan fingerprint density at radius 3 is 2.67 bits per heavy atom. The van der Waals surface area contributed by atoms with Gasteiger partial charge >= 0.3 is 0 Å². The van der Waals surface area contributed by atoms with E-state index in [0.717, 1.165) is 26.6 Å². The zero-order chi connectivity index (χ0) is 16.4. The Balaban J connectivity index is 2.06. The second-order valence-electron chi connectivity index (χ2n) is 6.28. The first-order valence-electron chi connectivity index (χ1n) is 7.97. The molecule has 116 valence electrons. The van der Waals surface area contributed by atoms with Crippen LogP contribution in [-0.2, 0) is 7.05 Å². The van der Waals surface area contributed by atoms with E-state index in [2.05, 4.69) is 35.8 Å². The minimum Gasteiger partial charge on any atom is -0.205 e. The van der Waals surface area contributed by atoms with Gasteiger partial charge in [-0.1, -0.05) is 48.2 Å². The minimum atomic E-state index is -0.116. The summed E-state index contributed by atoms with van der Waals surface area (Å²) >= 11 is 1.54. The van der Waals surface area contributed by atoms with Gasteiger partial charge in [-0.2, -0.15) is 4.57 Å². The summed E-state index contributed by atoms with van der Waals surface area (Å²) in [4.78, 5) is 1.86. The topological polar surface area (TPSA) is 3.88 Å². The van der Waals surface area contributed by atoms with E-state index in [1.165, 1.54) is 16.3 Å². The summed E-state index contributed by atoms with van der Waals surface area (Å²) in [6, 6.07) is 18.3. The van der Waals surface area contributed by atoms with Crippen LogP contribution < -0.4 is 4.57 Å². The lowest BCUT2D eigenvalue weighted by Gasteiger charge is -2.21. The third-order valence-corrected chi connectivity index (χ3v) is 6.05. The summed E-state index contributed by atoms with van der Waals surface area (Å²) in [5, 5.41) is 3.12. The van der Waals surface area contributed by atoms with Crippen LogP contribution in [0.2, 0.25) is 0 Å². The highest BCUT2D eigenvalue weighted by atomic mass is 32.2. The molecule has 1 aliphatic rings. The third-order valence-electron chi connectivity index (χ3n) is 4.92. The molecule has 0 saturated heterocycles. The molecule has 1 aromatic heterocycles. The SMILES string of the molecule is Cc1ccc2cccc3c2c1-c1c(c(F)c2ccccc2[n+]1C)S3. The van der Waals surface area contributed by atoms with Crippen LogP contribution in [0, 0.1) is 12.7 Å². The van der Waals surface area contributed by atoms with Crippen molar-refractivity contribution < 1.29 is 8.96 Å².